The van der Waals surface area contributed by atoms with Crippen LogP contribution in [0.4, 0.5) is 11.6 Å². The monoisotopic (exact) mass is 280 g/mol. The second-order valence-corrected chi connectivity index (χ2v) is 5.98. The first-order valence-corrected chi connectivity index (χ1v) is 8.42. The lowest BCUT2D eigenvalue weighted by Crippen LogP contribution is -2.28. The van der Waals surface area contributed by atoms with Crippen LogP contribution >= 0.6 is 11.8 Å². The summed E-state index contributed by atoms with van der Waals surface area (Å²) in [5.74, 6) is 4.62. The molecule has 0 spiro atoms. The van der Waals surface area contributed by atoms with Crippen molar-refractivity contribution in [3.05, 3.63) is 11.9 Å². The van der Waals surface area contributed by atoms with Gasteiger partial charge in [-0.2, -0.15) is 11.8 Å². The van der Waals surface area contributed by atoms with Gasteiger partial charge < -0.3 is 10.2 Å². The predicted molar refractivity (Wildman–Crippen MR) is 84.3 cm³/mol. The molecule has 0 amide bonds. The highest BCUT2D eigenvalue weighted by Gasteiger charge is 2.17. The van der Waals surface area contributed by atoms with Crippen LogP contribution in [0.1, 0.15) is 32.3 Å². The van der Waals surface area contributed by atoms with Crippen molar-refractivity contribution in [2.24, 2.45) is 0 Å². The van der Waals surface area contributed by atoms with Gasteiger partial charge in [-0.25, -0.2) is 9.97 Å². The Labute approximate surface area is 120 Å². The molecule has 1 aliphatic rings. The lowest BCUT2D eigenvalue weighted by atomic mass is 10.2. The minimum Gasteiger partial charge on any atom is -0.370 e. The summed E-state index contributed by atoms with van der Waals surface area (Å²) in [6, 6.07) is 0. The van der Waals surface area contributed by atoms with Crippen molar-refractivity contribution in [1.82, 2.24) is 9.97 Å². The molecule has 0 radical (unpaired) electrons. The first-order chi connectivity index (χ1) is 9.36. The number of anilines is 2. The summed E-state index contributed by atoms with van der Waals surface area (Å²) in [5, 5.41) is 3.43. The van der Waals surface area contributed by atoms with Gasteiger partial charge in [0, 0.05) is 31.0 Å². The molecular formula is C14H24N4S. The van der Waals surface area contributed by atoms with Crippen molar-refractivity contribution in [3.8, 4) is 0 Å². The molecule has 19 heavy (non-hydrogen) atoms. The van der Waals surface area contributed by atoms with E-state index in [1.54, 1.807) is 6.33 Å². The van der Waals surface area contributed by atoms with Crippen molar-refractivity contribution < 1.29 is 0 Å². The first-order valence-electron chi connectivity index (χ1n) is 7.27. The average Bonchev–Trinajstić information content (AvgIpc) is 2.73. The molecule has 1 aromatic rings. The maximum absolute atomic E-state index is 4.55. The van der Waals surface area contributed by atoms with Crippen LogP contribution in [0.15, 0.2) is 6.33 Å². The fraction of sp³-hybridized carbons (Fsp3) is 0.714. The molecule has 1 N–H and O–H groups in total. The topological polar surface area (TPSA) is 41.1 Å². The standard InChI is InChI=1S/C14H24N4S/c1-3-6-15-13-12(4-2)14(17-11-16-13)18-7-5-9-19-10-8-18/h11H,3-10H2,1-2H3,(H,15,16,17). The van der Waals surface area contributed by atoms with E-state index < -0.39 is 0 Å². The van der Waals surface area contributed by atoms with Crippen molar-refractivity contribution in [2.75, 3.05) is 41.4 Å². The smallest absolute Gasteiger partial charge is 0.137 e. The fourth-order valence-electron chi connectivity index (χ4n) is 2.35. The van der Waals surface area contributed by atoms with Gasteiger partial charge >= 0.3 is 0 Å². The molecule has 106 valence electrons. The molecule has 5 heteroatoms. The average molecular weight is 280 g/mol. The zero-order valence-corrected chi connectivity index (χ0v) is 12.8. The molecule has 1 aliphatic heterocycles. The number of rotatable bonds is 5. The zero-order chi connectivity index (χ0) is 13.5. The molecule has 0 aromatic carbocycles. The molecule has 2 heterocycles. The number of hydrogen-bond acceptors (Lipinski definition) is 5. The van der Waals surface area contributed by atoms with Crippen LogP contribution < -0.4 is 10.2 Å². The van der Waals surface area contributed by atoms with Crippen molar-refractivity contribution in [1.29, 1.82) is 0 Å². The molecule has 2 rings (SSSR count). The maximum atomic E-state index is 4.55. The van der Waals surface area contributed by atoms with Crippen LogP contribution in [0.25, 0.3) is 0 Å². The van der Waals surface area contributed by atoms with Crippen LogP contribution in [0.2, 0.25) is 0 Å². The molecule has 0 saturated carbocycles. The van der Waals surface area contributed by atoms with E-state index in [1.165, 1.54) is 23.5 Å². The lowest BCUT2D eigenvalue weighted by Gasteiger charge is -2.24. The summed E-state index contributed by atoms with van der Waals surface area (Å²) < 4.78 is 0. The van der Waals surface area contributed by atoms with Gasteiger partial charge in [-0.15, -0.1) is 0 Å². The van der Waals surface area contributed by atoms with Gasteiger partial charge in [-0.3, -0.25) is 0 Å². The Kier molecular flexibility index (Phi) is 5.76. The number of nitrogens with one attached hydrogen (secondary N) is 1. The first kappa shape index (κ1) is 14.4. The van der Waals surface area contributed by atoms with Gasteiger partial charge in [-0.1, -0.05) is 13.8 Å². The number of aromatic nitrogens is 2. The highest BCUT2D eigenvalue weighted by Crippen LogP contribution is 2.25. The third-order valence-electron chi connectivity index (χ3n) is 3.34. The van der Waals surface area contributed by atoms with Gasteiger partial charge in [0.2, 0.25) is 0 Å². The fourth-order valence-corrected chi connectivity index (χ4v) is 3.24. The van der Waals surface area contributed by atoms with Crippen molar-refractivity contribution >= 4 is 23.4 Å². The van der Waals surface area contributed by atoms with Gasteiger partial charge in [0.15, 0.2) is 0 Å². The van der Waals surface area contributed by atoms with E-state index in [1.807, 2.05) is 11.8 Å². The molecule has 4 nitrogen and oxygen atoms in total. The zero-order valence-electron chi connectivity index (χ0n) is 12.0. The predicted octanol–water partition coefficient (Wildman–Crippen LogP) is 2.80. The molecule has 1 fully saturated rings. The molecule has 1 saturated heterocycles. The van der Waals surface area contributed by atoms with E-state index in [0.29, 0.717) is 0 Å². The SMILES string of the molecule is CCCNc1ncnc(N2CCCSCC2)c1CC. The highest BCUT2D eigenvalue weighted by atomic mass is 32.2. The summed E-state index contributed by atoms with van der Waals surface area (Å²) in [7, 11) is 0. The Bertz CT molecular complexity index is 389. The van der Waals surface area contributed by atoms with Crippen LogP contribution in [-0.4, -0.2) is 41.1 Å². The van der Waals surface area contributed by atoms with Gasteiger partial charge in [-0.05, 0) is 25.0 Å². The second-order valence-electron chi connectivity index (χ2n) is 4.76. The van der Waals surface area contributed by atoms with E-state index >= 15 is 0 Å². The maximum Gasteiger partial charge on any atom is 0.137 e. The number of nitrogens with zero attached hydrogens (tertiary/aromatic N) is 3. The van der Waals surface area contributed by atoms with Crippen molar-refractivity contribution in [2.45, 2.75) is 33.1 Å². The molecular weight excluding hydrogens is 256 g/mol. The van der Waals surface area contributed by atoms with Gasteiger partial charge in [0.1, 0.15) is 18.0 Å². The highest BCUT2D eigenvalue weighted by molar-refractivity contribution is 7.99. The normalized spacial score (nSPS) is 16.2. The van der Waals surface area contributed by atoms with Crippen LogP contribution in [0.3, 0.4) is 0 Å². The van der Waals surface area contributed by atoms with Gasteiger partial charge in [0.25, 0.3) is 0 Å². The number of thioether (sulfide) groups is 1. The molecule has 0 unspecified atom stereocenters. The van der Waals surface area contributed by atoms with Crippen LogP contribution in [0.5, 0.6) is 0 Å². The lowest BCUT2D eigenvalue weighted by molar-refractivity contribution is 0.788. The Hall–Kier alpha value is -0.970. The van der Waals surface area contributed by atoms with E-state index in [9.17, 15) is 0 Å². The Morgan fingerprint density at radius 2 is 2.16 bits per heavy atom. The summed E-state index contributed by atoms with van der Waals surface area (Å²) in [6.07, 6.45) is 5.04. The molecule has 0 atom stereocenters. The number of hydrogen-bond donors (Lipinski definition) is 1. The minimum absolute atomic E-state index is 0.972. The Morgan fingerprint density at radius 1 is 1.26 bits per heavy atom. The van der Waals surface area contributed by atoms with E-state index in [4.69, 9.17) is 0 Å². The summed E-state index contributed by atoms with van der Waals surface area (Å²) in [5.41, 5.74) is 1.27. The largest absolute Gasteiger partial charge is 0.370 e. The third-order valence-corrected chi connectivity index (χ3v) is 4.39. The van der Waals surface area contributed by atoms with Crippen LogP contribution in [-0.2, 0) is 6.42 Å². The molecule has 0 bridgehead atoms. The van der Waals surface area contributed by atoms with E-state index in [0.717, 1.165) is 44.1 Å². The summed E-state index contributed by atoms with van der Waals surface area (Å²) in [4.78, 5) is 11.4. The Morgan fingerprint density at radius 3 is 2.95 bits per heavy atom. The van der Waals surface area contributed by atoms with E-state index in [2.05, 4.69) is 34.0 Å². The second kappa shape index (κ2) is 7.58. The molecule has 1 aromatic heterocycles. The summed E-state index contributed by atoms with van der Waals surface area (Å²) in [6.45, 7) is 7.55. The Balaban J connectivity index is 2.22. The van der Waals surface area contributed by atoms with Crippen molar-refractivity contribution in [3.63, 3.8) is 0 Å². The van der Waals surface area contributed by atoms with Gasteiger partial charge in [0.05, 0.1) is 0 Å². The third kappa shape index (κ3) is 3.75. The van der Waals surface area contributed by atoms with E-state index in [-0.39, 0.29) is 0 Å². The molecule has 0 aliphatic carbocycles. The summed E-state index contributed by atoms with van der Waals surface area (Å²) >= 11 is 2.05. The minimum atomic E-state index is 0.972. The quantitative estimate of drug-likeness (QED) is 0.898. The van der Waals surface area contributed by atoms with Crippen LogP contribution in [0, 0.1) is 0 Å².